The zero-order valence-electron chi connectivity index (χ0n) is 19.6. The Labute approximate surface area is 202 Å². The number of benzene rings is 1. The van der Waals surface area contributed by atoms with E-state index in [-0.39, 0.29) is 11.9 Å². The number of rotatable bonds is 4. The summed E-state index contributed by atoms with van der Waals surface area (Å²) in [4.78, 5) is 19.4. The minimum atomic E-state index is -2.61. The lowest BCUT2D eigenvalue weighted by Crippen LogP contribution is -2.62. The fourth-order valence-corrected chi connectivity index (χ4v) is 5.60. The first kappa shape index (κ1) is 22.3. The summed E-state index contributed by atoms with van der Waals surface area (Å²) >= 11 is 0. The number of nitrogens with zero attached hydrogens (tertiary/aromatic N) is 3. The highest BCUT2D eigenvalue weighted by Gasteiger charge is 2.53. The molecule has 6 rings (SSSR count). The van der Waals surface area contributed by atoms with Crippen molar-refractivity contribution < 1.29 is 18.3 Å². The second-order valence-corrected chi connectivity index (χ2v) is 9.85. The number of anilines is 1. The van der Waals surface area contributed by atoms with E-state index in [2.05, 4.69) is 27.4 Å². The van der Waals surface area contributed by atoms with Gasteiger partial charge in [-0.15, -0.1) is 0 Å². The van der Waals surface area contributed by atoms with Crippen LogP contribution in [0, 0.1) is 11.8 Å². The van der Waals surface area contributed by atoms with E-state index in [1.54, 1.807) is 6.20 Å². The maximum absolute atomic E-state index is 14.5. The Morgan fingerprint density at radius 2 is 2.03 bits per heavy atom. The molecule has 0 radical (unpaired) electrons. The predicted octanol–water partition coefficient (Wildman–Crippen LogP) is 3.08. The standard InChI is InChI=1S/C26H29F2N5O2/c1-2-32-6-5-17-7-18(10-30-24(17)32)25(34)31-21-8-16-3-4-22(9-23(16)35-15-21)33-13-19-11-29-12-20(14-33)26(19,27)28/h3-7,9-10,19-21,29H,2,8,11-15H2,1H3,(H,31,34)/t19?,20?,21-/m1/s1. The molecule has 3 aliphatic rings. The first-order valence-electron chi connectivity index (χ1n) is 12.3. The summed E-state index contributed by atoms with van der Waals surface area (Å²) in [6.07, 6.45) is 4.23. The molecule has 1 amide bonds. The van der Waals surface area contributed by atoms with Crippen molar-refractivity contribution in [3.63, 3.8) is 0 Å². The molecule has 5 heterocycles. The van der Waals surface area contributed by atoms with Crippen LogP contribution in [0.15, 0.2) is 42.7 Å². The minimum Gasteiger partial charge on any atom is -0.491 e. The summed E-state index contributed by atoms with van der Waals surface area (Å²) in [7, 11) is 0. The van der Waals surface area contributed by atoms with Crippen molar-refractivity contribution in [3.8, 4) is 5.75 Å². The Kier molecular flexibility index (Phi) is 5.40. The number of piperidine rings is 2. The molecule has 0 saturated carbocycles. The molecule has 35 heavy (non-hydrogen) atoms. The van der Waals surface area contributed by atoms with Gasteiger partial charge in [0.2, 0.25) is 0 Å². The van der Waals surface area contributed by atoms with Gasteiger partial charge in [0.1, 0.15) is 18.0 Å². The number of aromatic nitrogens is 2. The number of alkyl halides is 2. The zero-order valence-corrected chi connectivity index (χ0v) is 19.6. The van der Waals surface area contributed by atoms with Crippen molar-refractivity contribution in [2.75, 3.05) is 37.7 Å². The monoisotopic (exact) mass is 481 g/mol. The van der Waals surface area contributed by atoms with Crippen molar-refractivity contribution in [1.29, 1.82) is 0 Å². The fraction of sp³-hybridized carbons (Fsp3) is 0.462. The third-order valence-electron chi connectivity index (χ3n) is 7.61. The van der Waals surface area contributed by atoms with Crippen LogP contribution in [0.5, 0.6) is 5.75 Å². The Bertz CT molecular complexity index is 1260. The van der Waals surface area contributed by atoms with E-state index in [1.165, 1.54) is 0 Å². The van der Waals surface area contributed by atoms with Crippen LogP contribution in [0.3, 0.4) is 0 Å². The Morgan fingerprint density at radius 1 is 1.23 bits per heavy atom. The van der Waals surface area contributed by atoms with Gasteiger partial charge in [-0.25, -0.2) is 13.8 Å². The van der Waals surface area contributed by atoms with Gasteiger partial charge in [0.25, 0.3) is 11.8 Å². The molecule has 2 bridgehead atoms. The van der Waals surface area contributed by atoms with Gasteiger partial charge < -0.3 is 24.8 Å². The normalized spacial score (nSPS) is 25.1. The van der Waals surface area contributed by atoms with Crippen LogP contribution in [-0.4, -0.2) is 60.2 Å². The summed E-state index contributed by atoms with van der Waals surface area (Å²) in [5.41, 5.74) is 3.31. The zero-order chi connectivity index (χ0) is 24.2. The number of ether oxygens (including phenoxy) is 1. The Morgan fingerprint density at radius 3 is 2.80 bits per heavy atom. The molecule has 3 aliphatic heterocycles. The Hall–Kier alpha value is -3.20. The van der Waals surface area contributed by atoms with Gasteiger partial charge in [-0.2, -0.15) is 0 Å². The number of amides is 1. The van der Waals surface area contributed by atoms with Crippen LogP contribution in [0.4, 0.5) is 14.5 Å². The second kappa shape index (κ2) is 8.48. The minimum absolute atomic E-state index is 0.157. The van der Waals surface area contributed by atoms with Crippen LogP contribution in [0.25, 0.3) is 11.0 Å². The van der Waals surface area contributed by atoms with Crippen LogP contribution in [0.2, 0.25) is 0 Å². The highest BCUT2D eigenvalue weighted by atomic mass is 19.3. The van der Waals surface area contributed by atoms with Gasteiger partial charge in [-0.3, -0.25) is 4.79 Å². The number of aryl methyl sites for hydroxylation is 1. The highest BCUT2D eigenvalue weighted by Crippen LogP contribution is 2.42. The number of halogens is 2. The molecule has 2 saturated heterocycles. The quantitative estimate of drug-likeness (QED) is 0.600. The molecule has 2 unspecified atom stereocenters. The van der Waals surface area contributed by atoms with Crippen LogP contribution in [-0.2, 0) is 13.0 Å². The summed E-state index contributed by atoms with van der Waals surface area (Å²) < 4.78 is 37.1. The van der Waals surface area contributed by atoms with Crippen LogP contribution in [0.1, 0.15) is 22.8 Å². The molecule has 3 aromatic rings. The van der Waals surface area contributed by atoms with Gasteiger partial charge >= 0.3 is 0 Å². The highest BCUT2D eigenvalue weighted by molar-refractivity contribution is 5.97. The molecule has 3 atom stereocenters. The second-order valence-electron chi connectivity index (χ2n) is 9.85. The molecule has 0 aliphatic carbocycles. The lowest BCUT2D eigenvalue weighted by atomic mass is 9.81. The maximum atomic E-state index is 14.5. The number of hydrogen-bond acceptors (Lipinski definition) is 5. The third kappa shape index (κ3) is 3.91. The van der Waals surface area contributed by atoms with Gasteiger partial charge in [0.15, 0.2) is 0 Å². The summed E-state index contributed by atoms with van der Waals surface area (Å²) in [5.74, 6) is -3.39. The fourth-order valence-electron chi connectivity index (χ4n) is 5.60. The molecule has 0 spiro atoms. The SMILES string of the molecule is CCn1ccc2cc(C(=O)N[C@H]3COc4cc(N5CC6CNCC(C5)C6(F)F)ccc4C3)cnc21. The van der Waals surface area contributed by atoms with Gasteiger partial charge in [-0.05, 0) is 37.1 Å². The number of carbonyl (C=O) groups excluding carboxylic acids is 1. The lowest BCUT2D eigenvalue weighted by molar-refractivity contribution is -0.130. The van der Waals surface area contributed by atoms with E-state index in [4.69, 9.17) is 4.74 Å². The lowest BCUT2D eigenvalue weighted by Gasteiger charge is -2.48. The van der Waals surface area contributed by atoms with E-state index < -0.39 is 17.8 Å². The predicted molar refractivity (Wildman–Crippen MR) is 129 cm³/mol. The molecule has 184 valence electrons. The summed E-state index contributed by atoms with van der Waals surface area (Å²) in [6, 6.07) is 9.60. The van der Waals surface area contributed by atoms with Crippen molar-refractivity contribution >= 4 is 22.6 Å². The van der Waals surface area contributed by atoms with E-state index in [0.29, 0.717) is 44.8 Å². The van der Waals surface area contributed by atoms with E-state index >= 15 is 0 Å². The number of nitrogens with one attached hydrogen (secondary N) is 2. The van der Waals surface area contributed by atoms with Gasteiger partial charge in [0.05, 0.1) is 23.4 Å². The first-order valence-corrected chi connectivity index (χ1v) is 12.3. The molecule has 7 nitrogen and oxygen atoms in total. The average Bonchev–Trinajstić information content (AvgIpc) is 3.25. The van der Waals surface area contributed by atoms with Crippen LogP contribution >= 0.6 is 0 Å². The smallest absolute Gasteiger partial charge is 0.259 e. The van der Waals surface area contributed by atoms with Gasteiger partial charge in [0, 0.05) is 62.3 Å². The van der Waals surface area contributed by atoms with E-state index in [9.17, 15) is 13.6 Å². The molecule has 2 fully saturated rings. The number of hydrogen-bond donors (Lipinski definition) is 2. The van der Waals surface area contributed by atoms with Crippen LogP contribution < -0.4 is 20.3 Å². The largest absolute Gasteiger partial charge is 0.491 e. The van der Waals surface area contributed by atoms with E-state index in [1.807, 2.05) is 41.1 Å². The molecule has 2 aromatic heterocycles. The number of fused-ring (bicyclic) bond motifs is 4. The molecular formula is C26H29F2N5O2. The van der Waals surface area contributed by atoms with Crippen molar-refractivity contribution in [2.45, 2.75) is 31.9 Å². The number of pyridine rings is 1. The number of carbonyl (C=O) groups is 1. The molecular weight excluding hydrogens is 452 g/mol. The van der Waals surface area contributed by atoms with Gasteiger partial charge in [-0.1, -0.05) is 6.07 Å². The Balaban J connectivity index is 1.13. The van der Waals surface area contributed by atoms with Crippen molar-refractivity contribution in [1.82, 2.24) is 20.2 Å². The topological polar surface area (TPSA) is 71.4 Å². The average molecular weight is 482 g/mol. The van der Waals surface area contributed by atoms with Crippen molar-refractivity contribution in [2.24, 2.45) is 11.8 Å². The third-order valence-corrected chi connectivity index (χ3v) is 7.61. The molecule has 9 heteroatoms. The summed E-state index contributed by atoms with van der Waals surface area (Å²) in [5, 5.41) is 7.14. The van der Waals surface area contributed by atoms with Crippen molar-refractivity contribution in [3.05, 3.63) is 53.9 Å². The molecule has 1 aromatic carbocycles. The maximum Gasteiger partial charge on any atom is 0.259 e. The van der Waals surface area contributed by atoms with E-state index in [0.717, 1.165) is 34.6 Å². The summed E-state index contributed by atoms with van der Waals surface area (Å²) in [6.45, 7) is 4.58. The molecule has 2 N–H and O–H groups in total. The first-order chi connectivity index (χ1) is 16.9.